The maximum atomic E-state index is 11.9. The summed E-state index contributed by atoms with van der Waals surface area (Å²) in [7, 11) is 0. The number of fused-ring (bicyclic) bond motifs is 1. The van der Waals surface area contributed by atoms with Gasteiger partial charge >= 0.3 is 12.0 Å². The molecule has 0 aliphatic carbocycles. The molecule has 1 heterocycles. The molecule has 0 unspecified atom stereocenters. The third-order valence-corrected chi connectivity index (χ3v) is 2.92. The van der Waals surface area contributed by atoms with Crippen LogP contribution in [-0.2, 0) is 4.79 Å². The molecular formula is C14H15N3O4. The molecular weight excluding hydrogens is 274 g/mol. The number of aliphatic hydroxyl groups excluding tert-OH is 1. The van der Waals surface area contributed by atoms with Gasteiger partial charge in [0.2, 0.25) is 0 Å². The summed E-state index contributed by atoms with van der Waals surface area (Å²) < 4.78 is 0. The second-order valence-corrected chi connectivity index (χ2v) is 4.38. The summed E-state index contributed by atoms with van der Waals surface area (Å²) in [5.74, 6) is -1.20. The van der Waals surface area contributed by atoms with Crippen LogP contribution in [0.25, 0.3) is 10.9 Å². The lowest BCUT2D eigenvalue weighted by Gasteiger charge is -2.14. The van der Waals surface area contributed by atoms with Crippen molar-refractivity contribution in [3.63, 3.8) is 0 Å². The lowest BCUT2D eigenvalue weighted by atomic mass is 10.2. The van der Waals surface area contributed by atoms with Crippen LogP contribution in [0.3, 0.4) is 0 Å². The molecule has 0 saturated heterocycles. The van der Waals surface area contributed by atoms with E-state index < -0.39 is 18.0 Å². The highest BCUT2D eigenvalue weighted by molar-refractivity contribution is 6.01. The lowest BCUT2D eigenvalue weighted by molar-refractivity contribution is -0.139. The molecule has 1 aromatic heterocycles. The van der Waals surface area contributed by atoms with Crippen LogP contribution < -0.4 is 10.6 Å². The number of pyridine rings is 1. The summed E-state index contributed by atoms with van der Waals surface area (Å²) in [4.78, 5) is 27.0. The minimum atomic E-state index is -1.20. The minimum Gasteiger partial charge on any atom is -0.480 e. The summed E-state index contributed by atoms with van der Waals surface area (Å²) in [6, 6.07) is 7.02. The van der Waals surface area contributed by atoms with E-state index in [0.29, 0.717) is 5.69 Å². The molecule has 2 amide bonds. The highest BCUT2D eigenvalue weighted by atomic mass is 16.4. The van der Waals surface area contributed by atoms with E-state index in [4.69, 9.17) is 10.2 Å². The normalized spacial score (nSPS) is 11.9. The van der Waals surface area contributed by atoms with Crippen LogP contribution in [0, 0.1) is 0 Å². The van der Waals surface area contributed by atoms with Crippen molar-refractivity contribution in [1.82, 2.24) is 10.3 Å². The molecule has 0 bridgehead atoms. The Kier molecular flexibility index (Phi) is 4.68. The molecule has 110 valence electrons. The van der Waals surface area contributed by atoms with Gasteiger partial charge in [-0.3, -0.25) is 4.98 Å². The standard InChI is InChI=1S/C14H15N3O4/c18-8-6-12(13(19)20)17-14(21)16-11-5-1-4-10-9(11)3-2-7-15-10/h1-5,7,12,18H,6,8H2,(H,19,20)(H2,16,17,21)/t12-/m1/s1. The first-order valence-corrected chi connectivity index (χ1v) is 6.36. The van der Waals surface area contributed by atoms with Gasteiger partial charge in [0.25, 0.3) is 0 Å². The molecule has 0 fully saturated rings. The van der Waals surface area contributed by atoms with Crippen LogP contribution in [0.15, 0.2) is 36.5 Å². The first-order valence-electron chi connectivity index (χ1n) is 6.36. The second kappa shape index (κ2) is 6.67. The second-order valence-electron chi connectivity index (χ2n) is 4.38. The zero-order valence-electron chi connectivity index (χ0n) is 11.1. The van der Waals surface area contributed by atoms with Crippen LogP contribution in [0.1, 0.15) is 6.42 Å². The molecule has 0 aliphatic rings. The summed E-state index contributed by atoms with van der Waals surface area (Å²) in [5.41, 5.74) is 1.26. The SMILES string of the molecule is O=C(Nc1cccc2ncccc12)N[C@H](CCO)C(=O)O. The van der Waals surface area contributed by atoms with E-state index >= 15 is 0 Å². The predicted molar refractivity (Wildman–Crippen MR) is 77.0 cm³/mol. The average Bonchev–Trinajstić information content (AvgIpc) is 2.47. The van der Waals surface area contributed by atoms with E-state index in [1.165, 1.54) is 0 Å². The van der Waals surface area contributed by atoms with Gasteiger partial charge in [0.15, 0.2) is 0 Å². The van der Waals surface area contributed by atoms with E-state index in [2.05, 4.69) is 15.6 Å². The van der Waals surface area contributed by atoms with Gasteiger partial charge in [0, 0.05) is 24.6 Å². The number of amides is 2. The maximum Gasteiger partial charge on any atom is 0.326 e. The number of hydrogen-bond donors (Lipinski definition) is 4. The Labute approximate surface area is 120 Å². The molecule has 7 nitrogen and oxygen atoms in total. The van der Waals surface area contributed by atoms with Crippen LogP contribution >= 0.6 is 0 Å². The third kappa shape index (κ3) is 3.67. The molecule has 7 heteroatoms. The quantitative estimate of drug-likeness (QED) is 0.660. The van der Waals surface area contributed by atoms with Crippen LogP contribution in [-0.4, -0.2) is 39.8 Å². The van der Waals surface area contributed by atoms with Crippen molar-refractivity contribution < 1.29 is 19.8 Å². The molecule has 1 aromatic carbocycles. The van der Waals surface area contributed by atoms with Gasteiger partial charge in [-0.1, -0.05) is 6.07 Å². The predicted octanol–water partition coefficient (Wildman–Crippen LogP) is 1.19. The molecule has 2 aromatic rings. The number of urea groups is 1. The van der Waals surface area contributed by atoms with Crippen molar-refractivity contribution in [1.29, 1.82) is 0 Å². The number of nitrogens with zero attached hydrogens (tertiary/aromatic N) is 1. The Morgan fingerprint density at radius 1 is 1.24 bits per heavy atom. The van der Waals surface area contributed by atoms with Crippen LogP contribution in [0.2, 0.25) is 0 Å². The number of nitrogens with one attached hydrogen (secondary N) is 2. The van der Waals surface area contributed by atoms with E-state index in [1.54, 1.807) is 30.5 Å². The summed E-state index contributed by atoms with van der Waals surface area (Å²) in [6.45, 7) is -0.324. The highest BCUT2D eigenvalue weighted by Crippen LogP contribution is 2.21. The fraction of sp³-hybridized carbons (Fsp3) is 0.214. The number of carbonyl (C=O) groups excluding carboxylic acids is 1. The largest absolute Gasteiger partial charge is 0.480 e. The molecule has 2 rings (SSSR count). The number of carboxylic acids is 1. The Bertz CT molecular complexity index is 654. The Balaban J connectivity index is 2.13. The van der Waals surface area contributed by atoms with Crippen LogP contribution in [0.5, 0.6) is 0 Å². The summed E-state index contributed by atoms with van der Waals surface area (Å²) in [6.07, 6.45) is 1.59. The maximum absolute atomic E-state index is 11.9. The molecule has 1 atom stereocenters. The number of hydrogen-bond acceptors (Lipinski definition) is 4. The van der Waals surface area contributed by atoms with E-state index in [0.717, 1.165) is 10.9 Å². The number of benzene rings is 1. The fourth-order valence-electron chi connectivity index (χ4n) is 1.92. The van der Waals surface area contributed by atoms with Crippen molar-refractivity contribution >= 4 is 28.6 Å². The number of aliphatic hydroxyl groups is 1. The van der Waals surface area contributed by atoms with E-state index in [-0.39, 0.29) is 13.0 Å². The molecule has 21 heavy (non-hydrogen) atoms. The minimum absolute atomic E-state index is 0.0557. The number of rotatable bonds is 5. The number of aromatic nitrogens is 1. The zero-order chi connectivity index (χ0) is 15.2. The highest BCUT2D eigenvalue weighted by Gasteiger charge is 2.19. The summed E-state index contributed by atoms with van der Waals surface area (Å²) in [5, 5.41) is 23.4. The number of aliphatic carboxylic acids is 1. The van der Waals surface area contributed by atoms with Crippen molar-refractivity contribution in [3.05, 3.63) is 36.5 Å². The molecule has 0 spiro atoms. The molecule has 0 saturated carbocycles. The van der Waals surface area contributed by atoms with E-state index in [9.17, 15) is 9.59 Å². The third-order valence-electron chi connectivity index (χ3n) is 2.92. The summed E-state index contributed by atoms with van der Waals surface area (Å²) >= 11 is 0. The first kappa shape index (κ1) is 14.7. The van der Waals surface area contributed by atoms with Gasteiger partial charge in [-0.25, -0.2) is 9.59 Å². The number of anilines is 1. The Morgan fingerprint density at radius 3 is 2.76 bits per heavy atom. The van der Waals surface area contributed by atoms with Gasteiger partial charge in [0.1, 0.15) is 6.04 Å². The lowest BCUT2D eigenvalue weighted by Crippen LogP contribution is -2.43. The van der Waals surface area contributed by atoms with Crippen molar-refractivity contribution in [2.75, 3.05) is 11.9 Å². The van der Waals surface area contributed by atoms with Gasteiger partial charge in [-0.15, -0.1) is 0 Å². The fourth-order valence-corrected chi connectivity index (χ4v) is 1.92. The topological polar surface area (TPSA) is 112 Å². The Morgan fingerprint density at radius 2 is 2.05 bits per heavy atom. The monoisotopic (exact) mass is 289 g/mol. The molecule has 4 N–H and O–H groups in total. The average molecular weight is 289 g/mol. The van der Waals surface area contributed by atoms with Crippen LogP contribution in [0.4, 0.5) is 10.5 Å². The van der Waals surface area contributed by atoms with Crippen molar-refractivity contribution in [2.24, 2.45) is 0 Å². The van der Waals surface area contributed by atoms with Gasteiger partial charge in [-0.05, 0) is 24.3 Å². The van der Waals surface area contributed by atoms with Crippen molar-refractivity contribution in [3.8, 4) is 0 Å². The van der Waals surface area contributed by atoms with Gasteiger partial charge in [0.05, 0.1) is 11.2 Å². The van der Waals surface area contributed by atoms with Gasteiger partial charge in [-0.2, -0.15) is 0 Å². The smallest absolute Gasteiger partial charge is 0.326 e. The number of carbonyl (C=O) groups is 2. The van der Waals surface area contributed by atoms with Gasteiger partial charge < -0.3 is 20.8 Å². The molecule has 0 aliphatic heterocycles. The van der Waals surface area contributed by atoms with E-state index in [1.807, 2.05) is 6.07 Å². The number of carboxylic acid groups (broad SMARTS) is 1. The molecule has 0 radical (unpaired) electrons. The first-order chi connectivity index (χ1) is 10.1. The van der Waals surface area contributed by atoms with Crippen molar-refractivity contribution in [2.45, 2.75) is 12.5 Å². The zero-order valence-corrected chi connectivity index (χ0v) is 11.1. The Hall–Kier alpha value is -2.67.